The van der Waals surface area contributed by atoms with Gasteiger partial charge in [-0.25, -0.2) is 9.38 Å². The van der Waals surface area contributed by atoms with Gasteiger partial charge in [-0.3, -0.25) is 14.9 Å². The van der Waals surface area contributed by atoms with Gasteiger partial charge in [0.05, 0.1) is 22.4 Å². The highest BCUT2D eigenvalue weighted by molar-refractivity contribution is 5.93. The predicted molar refractivity (Wildman–Crippen MR) is 139 cm³/mol. The molecule has 10 nitrogen and oxygen atoms in total. The summed E-state index contributed by atoms with van der Waals surface area (Å²) in [6.07, 6.45) is 0.368. The molecule has 1 aliphatic heterocycles. The summed E-state index contributed by atoms with van der Waals surface area (Å²) in [5, 5.41) is 21.4. The molecule has 1 fully saturated rings. The summed E-state index contributed by atoms with van der Waals surface area (Å²) >= 11 is 0. The minimum absolute atomic E-state index is 0.0489. The van der Waals surface area contributed by atoms with E-state index in [0.29, 0.717) is 55.6 Å². The second-order valence-electron chi connectivity index (χ2n) is 8.92. The number of anilines is 1. The number of carbonyl (C=O) groups excluding carboxylic acids is 1. The molecule has 0 bridgehead atoms. The minimum Gasteiger partial charge on any atom is -0.339 e. The van der Waals surface area contributed by atoms with E-state index in [1.54, 1.807) is 22.6 Å². The molecule has 10 heteroatoms. The molecular formula is C27H23N7O3. The number of carbonyl (C=O) groups is 1. The van der Waals surface area contributed by atoms with Crippen molar-refractivity contribution in [2.24, 2.45) is 0 Å². The third-order valence-electron chi connectivity index (χ3n) is 6.68. The highest BCUT2D eigenvalue weighted by atomic mass is 16.6. The topological polar surface area (TPSA) is 110 Å². The van der Waals surface area contributed by atoms with Crippen molar-refractivity contribution in [1.82, 2.24) is 24.5 Å². The van der Waals surface area contributed by atoms with Gasteiger partial charge in [0.25, 0.3) is 5.69 Å². The monoisotopic (exact) mass is 493 g/mol. The zero-order valence-electron chi connectivity index (χ0n) is 19.9. The van der Waals surface area contributed by atoms with Crippen LogP contribution in [0.3, 0.4) is 0 Å². The van der Waals surface area contributed by atoms with Gasteiger partial charge in [-0.2, -0.15) is 0 Å². The van der Waals surface area contributed by atoms with Crippen molar-refractivity contribution in [1.29, 1.82) is 0 Å². The maximum atomic E-state index is 12.9. The number of piperazine rings is 1. The van der Waals surface area contributed by atoms with Gasteiger partial charge in [-0.15, -0.1) is 10.2 Å². The third kappa shape index (κ3) is 4.12. The Morgan fingerprint density at radius 1 is 0.865 bits per heavy atom. The number of hydrogen-bond acceptors (Lipinski definition) is 7. The number of nitrogens with zero attached hydrogens (tertiary/aromatic N) is 7. The van der Waals surface area contributed by atoms with E-state index >= 15 is 0 Å². The molecule has 184 valence electrons. The van der Waals surface area contributed by atoms with Crippen LogP contribution in [0.15, 0.2) is 78.9 Å². The Hall–Kier alpha value is -4.86. The van der Waals surface area contributed by atoms with Crippen LogP contribution in [-0.2, 0) is 11.2 Å². The van der Waals surface area contributed by atoms with E-state index in [1.165, 1.54) is 6.07 Å². The van der Waals surface area contributed by atoms with Crippen molar-refractivity contribution in [2.45, 2.75) is 6.42 Å². The van der Waals surface area contributed by atoms with Crippen molar-refractivity contribution in [3.8, 4) is 11.4 Å². The van der Waals surface area contributed by atoms with Crippen LogP contribution in [0.4, 0.5) is 11.6 Å². The van der Waals surface area contributed by atoms with Crippen LogP contribution in [0.2, 0.25) is 0 Å². The molecule has 37 heavy (non-hydrogen) atoms. The Bertz CT molecular complexity index is 1630. The lowest BCUT2D eigenvalue weighted by Gasteiger charge is -2.35. The molecule has 1 saturated heterocycles. The number of amides is 1. The van der Waals surface area contributed by atoms with Gasteiger partial charge in [-0.1, -0.05) is 54.6 Å². The molecule has 3 heterocycles. The summed E-state index contributed by atoms with van der Waals surface area (Å²) in [6, 6.07) is 23.9. The van der Waals surface area contributed by atoms with Gasteiger partial charge in [0.15, 0.2) is 11.5 Å². The van der Waals surface area contributed by atoms with Gasteiger partial charge < -0.3 is 9.80 Å². The molecule has 6 rings (SSSR count). The second kappa shape index (κ2) is 9.30. The number of aromatic nitrogens is 4. The number of hydrogen-bond donors (Lipinski definition) is 0. The molecule has 0 N–H and O–H groups in total. The van der Waals surface area contributed by atoms with Crippen molar-refractivity contribution >= 4 is 34.1 Å². The van der Waals surface area contributed by atoms with Gasteiger partial charge in [-0.05, 0) is 23.8 Å². The Kier molecular flexibility index (Phi) is 5.68. The Morgan fingerprint density at radius 3 is 2.35 bits per heavy atom. The summed E-state index contributed by atoms with van der Waals surface area (Å²) in [6.45, 7) is 2.22. The van der Waals surface area contributed by atoms with E-state index < -0.39 is 4.92 Å². The van der Waals surface area contributed by atoms with Gasteiger partial charge in [0.2, 0.25) is 11.9 Å². The van der Waals surface area contributed by atoms with Crippen LogP contribution in [0.5, 0.6) is 0 Å². The minimum atomic E-state index is -0.415. The first-order valence-corrected chi connectivity index (χ1v) is 12.0. The van der Waals surface area contributed by atoms with Crippen LogP contribution in [0.1, 0.15) is 5.56 Å². The summed E-state index contributed by atoms with van der Waals surface area (Å²) in [4.78, 5) is 33.1. The molecule has 0 spiro atoms. The Morgan fingerprint density at radius 2 is 1.57 bits per heavy atom. The van der Waals surface area contributed by atoms with Gasteiger partial charge in [0.1, 0.15) is 0 Å². The first-order valence-electron chi connectivity index (χ1n) is 12.0. The summed E-state index contributed by atoms with van der Waals surface area (Å²) in [5.74, 6) is 1.05. The smallest absolute Gasteiger partial charge is 0.280 e. The van der Waals surface area contributed by atoms with E-state index in [4.69, 9.17) is 4.98 Å². The zero-order chi connectivity index (χ0) is 25.4. The average Bonchev–Trinajstić information content (AvgIpc) is 3.39. The van der Waals surface area contributed by atoms with Crippen molar-refractivity contribution in [3.05, 3.63) is 94.5 Å². The standard InChI is InChI=1S/C27H23N7O3/c35-24(18-19-8-2-1-3-9-19)31-14-16-32(17-15-31)27-28-22-12-6-4-10-20(22)25-29-30-26(33(25)27)21-11-5-7-13-23(21)34(36)37/h1-13H,14-18H2. The summed E-state index contributed by atoms with van der Waals surface area (Å²) in [5.41, 5.74) is 2.65. The SMILES string of the molecule is O=C(Cc1ccccc1)N1CCN(c2nc3ccccc3c3nnc(-c4ccccc4[N+](=O)[O-])n23)CC1. The van der Waals surface area contributed by atoms with Crippen LogP contribution in [0, 0.1) is 10.1 Å². The molecule has 2 aromatic heterocycles. The molecule has 1 amide bonds. The van der Waals surface area contributed by atoms with Gasteiger partial charge >= 0.3 is 0 Å². The fourth-order valence-corrected chi connectivity index (χ4v) is 4.81. The highest BCUT2D eigenvalue weighted by Crippen LogP contribution is 2.33. The molecule has 0 saturated carbocycles. The number of rotatable bonds is 5. The molecule has 5 aromatic rings. The lowest BCUT2D eigenvalue weighted by atomic mass is 10.1. The molecule has 0 unspecified atom stereocenters. The zero-order valence-corrected chi connectivity index (χ0v) is 19.9. The van der Waals surface area contributed by atoms with Crippen LogP contribution in [-0.4, -0.2) is 61.5 Å². The average molecular weight is 494 g/mol. The normalized spacial score (nSPS) is 13.8. The van der Waals surface area contributed by atoms with Crippen molar-refractivity contribution in [2.75, 3.05) is 31.1 Å². The van der Waals surface area contributed by atoms with E-state index in [2.05, 4.69) is 15.1 Å². The van der Waals surface area contributed by atoms with Crippen molar-refractivity contribution < 1.29 is 9.72 Å². The Labute approximate surface area is 211 Å². The fourth-order valence-electron chi connectivity index (χ4n) is 4.81. The van der Waals surface area contributed by atoms with Crippen molar-refractivity contribution in [3.63, 3.8) is 0 Å². The number of benzene rings is 3. The quantitative estimate of drug-likeness (QED) is 0.271. The maximum Gasteiger partial charge on any atom is 0.280 e. The first kappa shape index (κ1) is 22.6. The molecule has 3 aromatic carbocycles. The number of nitro groups is 1. The highest BCUT2D eigenvalue weighted by Gasteiger charge is 2.27. The summed E-state index contributed by atoms with van der Waals surface area (Å²) < 4.78 is 1.80. The lowest BCUT2D eigenvalue weighted by molar-refractivity contribution is -0.384. The first-order chi connectivity index (χ1) is 18.1. The van der Waals surface area contributed by atoms with E-state index in [1.807, 2.05) is 59.5 Å². The maximum absolute atomic E-state index is 12.9. The van der Waals surface area contributed by atoms with E-state index in [0.717, 1.165) is 16.5 Å². The van der Waals surface area contributed by atoms with E-state index in [9.17, 15) is 14.9 Å². The molecule has 0 aliphatic carbocycles. The number of fused-ring (bicyclic) bond motifs is 3. The fraction of sp³-hybridized carbons (Fsp3) is 0.185. The van der Waals surface area contributed by atoms with Gasteiger partial charge in [0, 0.05) is 37.6 Å². The van der Waals surface area contributed by atoms with E-state index in [-0.39, 0.29) is 11.6 Å². The molecule has 1 aliphatic rings. The summed E-state index contributed by atoms with van der Waals surface area (Å²) in [7, 11) is 0. The van der Waals surface area contributed by atoms with Crippen LogP contribution >= 0.6 is 0 Å². The molecule has 0 radical (unpaired) electrons. The lowest BCUT2D eigenvalue weighted by Crippen LogP contribution is -2.50. The second-order valence-corrected chi connectivity index (χ2v) is 8.92. The largest absolute Gasteiger partial charge is 0.339 e. The van der Waals surface area contributed by atoms with Crippen LogP contribution in [0.25, 0.3) is 27.9 Å². The molecular weight excluding hydrogens is 470 g/mol. The number of nitro benzene ring substituents is 1. The third-order valence-corrected chi connectivity index (χ3v) is 6.68. The Balaban J connectivity index is 1.38. The molecule has 0 atom stereocenters. The van der Waals surface area contributed by atoms with Crippen LogP contribution < -0.4 is 4.90 Å². The predicted octanol–water partition coefficient (Wildman–Crippen LogP) is 3.74. The number of para-hydroxylation sites is 2.